The smallest absolute Gasteiger partial charge is 0.135 e. The molecule has 0 unspecified atom stereocenters. The molecule has 0 radical (unpaired) electrons. The minimum atomic E-state index is -1.38. The van der Waals surface area contributed by atoms with E-state index in [-0.39, 0.29) is 0 Å². The number of hydrogen-bond acceptors (Lipinski definition) is 5. The lowest BCUT2D eigenvalue weighted by Crippen LogP contribution is -2.14. The van der Waals surface area contributed by atoms with Crippen molar-refractivity contribution in [2.24, 2.45) is 0 Å². The van der Waals surface area contributed by atoms with Gasteiger partial charge in [-0.05, 0) is 89.6 Å². The van der Waals surface area contributed by atoms with Gasteiger partial charge in [0.15, 0.2) is 0 Å². The summed E-state index contributed by atoms with van der Waals surface area (Å²) in [6.07, 6.45) is 0. The zero-order valence-electron chi connectivity index (χ0n) is 22.2. The van der Waals surface area contributed by atoms with Crippen LogP contribution in [0.5, 0.6) is 11.5 Å². The van der Waals surface area contributed by atoms with Crippen LogP contribution in [0.3, 0.4) is 0 Å². The van der Waals surface area contributed by atoms with E-state index in [0.717, 1.165) is 35.1 Å². The van der Waals surface area contributed by atoms with E-state index in [1.807, 2.05) is 0 Å². The molecular formula is C24H40OP6S4. The standard InChI is InChI=1S/C24H40OP6S4/c1-28(2,32)17-26(18-29(3,4)33)23-15-11-9-13-21(23)25-22-14-10-12-16-24(22)27(19-30(5,6)34)20-31(7,8)35/h9-16H,17-20H2,1-8H3. The number of hydrogen-bond donors (Lipinski definition) is 0. The molecule has 0 heterocycles. The van der Waals surface area contributed by atoms with Crippen molar-refractivity contribution in [3.8, 4) is 11.5 Å². The van der Waals surface area contributed by atoms with Crippen molar-refractivity contribution in [3.63, 3.8) is 0 Å². The van der Waals surface area contributed by atoms with Gasteiger partial charge in [-0.1, -0.05) is 99.5 Å². The monoisotopic (exact) mass is 658 g/mol. The maximum absolute atomic E-state index is 6.81. The van der Waals surface area contributed by atoms with Crippen LogP contribution in [0.15, 0.2) is 48.5 Å². The van der Waals surface area contributed by atoms with Crippen LogP contribution in [0.1, 0.15) is 0 Å². The van der Waals surface area contributed by atoms with Crippen molar-refractivity contribution >= 4 is 97.8 Å². The molecule has 0 N–H and O–H groups in total. The van der Waals surface area contributed by atoms with Crippen molar-refractivity contribution < 1.29 is 4.74 Å². The summed E-state index contributed by atoms with van der Waals surface area (Å²) in [5.41, 5.74) is 0. The van der Waals surface area contributed by atoms with E-state index < -0.39 is 40.0 Å². The van der Waals surface area contributed by atoms with Crippen molar-refractivity contribution in [2.45, 2.75) is 0 Å². The van der Waals surface area contributed by atoms with Crippen LogP contribution in [-0.4, -0.2) is 76.9 Å². The zero-order chi connectivity index (χ0) is 26.7. The van der Waals surface area contributed by atoms with Crippen molar-refractivity contribution in [1.29, 1.82) is 0 Å². The van der Waals surface area contributed by atoms with E-state index in [2.05, 4.69) is 102 Å². The van der Waals surface area contributed by atoms with Crippen LogP contribution in [0.4, 0.5) is 0 Å². The predicted molar refractivity (Wildman–Crippen MR) is 190 cm³/mol. The number of benzene rings is 2. The van der Waals surface area contributed by atoms with Gasteiger partial charge >= 0.3 is 0 Å². The summed E-state index contributed by atoms with van der Waals surface area (Å²) in [6.45, 7) is 18.1. The summed E-state index contributed by atoms with van der Waals surface area (Å²) in [5.74, 6) is 6.25. The van der Waals surface area contributed by atoms with E-state index in [0.29, 0.717) is 0 Å². The second-order valence-corrected chi connectivity index (χ2v) is 43.1. The van der Waals surface area contributed by atoms with Gasteiger partial charge in [-0.25, -0.2) is 0 Å². The van der Waals surface area contributed by atoms with Crippen LogP contribution < -0.4 is 15.3 Å². The summed E-state index contributed by atoms with van der Waals surface area (Å²) in [6, 6.07) is 11.6. The van der Waals surface area contributed by atoms with Crippen LogP contribution in [0.2, 0.25) is 0 Å². The molecule has 1 nitrogen and oxygen atoms in total. The molecule has 0 spiro atoms. The van der Waals surface area contributed by atoms with Gasteiger partial charge in [0, 0.05) is 34.2 Å². The van der Waals surface area contributed by atoms with Crippen LogP contribution in [0.25, 0.3) is 0 Å². The van der Waals surface area contributed by atoms with Gasteiger partial charge < -0.3 is 4.74 Å². The number of para-hydroxylation sites is 2. The average molecular weight is 659 g/mol. The Labute approximate surface area is 237 Å². The molecule has 2 aromatic rings. The molecule has 35 heavy (non-hydrogen) atoms. The fourth-order valence-electron chi connectivity index (χ4n) is 3.77. The first kappa shape index (κ1) is 32.9. The molecule has 0 aromatic heterocycles. The SMILES string of the molecule is CP(C)(=S)CP(CP(C)(C)=S)c1ccccc1Oc1ccccc1P(CP(C)(C)=S)CP(C)(C)=S. The topological polar surface area (TPSA) is 9.23 Å². The zero-order valence-corrected chi connectivity index (χ0v) is 30.8. The first-order chi connectivity index (χ1) is 15.8. The summed E-state index contributed by atoms with van der Waals surface area (Å²) in [7, 11) is -0.940. The maximum Gasteiger partial charge on any atom is 0.135 e. The van der Waals surface area contributed by atoms with Gasteiger partial charge in [-0.3, -0.25) is 0 Å². The third-order valence-electron chi connectivity index (χ3n) is 4.68. The number of rotatable bonds is 12. The van der Waals surface area contributed by atoms with E-state index >= 15 is 0 Å². The van der Waals surface area contributed by atoms with E-state index in [1.54, 1.807) is 0 Å². The molecule has 0 saturated heterocycles. The highest BCUT2D eigenvalue weighted by molar-refractivity contribution is 8.20. The second-order valence-electron chi connectivity index (χ2n) is 11.0. The molecule has 2 rings (SSSR count). The molecule has 0 fully saturated rings. The Balaban J connectivity index is 2.56. The molecule has 0 saturated carbocycles. The summed E-state index contributed by atoms with van der Waals surface area (Å²) in [5, 5.41) is 2.62. The van der Waals surface area contributed by atoms with Gasteiger partial charge in [-0.15, -0.1) is 0 Å². The Morgan fingerprint density at radius 3 is 1.03 bits per heavy atom. The lowest BCUT2D eigenvalue weighted by Gasteiger charge is -2.29. The average Bonchev–Trinajstić information content (AvgIpc) is 2.63. The molecule has 2 aromatic carbocycles. The Morgan fingerprint density at radius 2 is 0.771 bits per heavy atom. The highest BCUT2D eigenvalue weighted by atomic mass is 32.5. The Kier molecular flexibility index (Phi) is 12.6. The molecule has 0 atom stereocenters. The molecule has 0 aliphatic heterocycles. The molecular weight excluding hydrogens is 618 g/mol. The summed E-state index contributed by atoms with van der Waals surface area (Å²) < 4.78 is 6.81. The van der Waals surface area contributed by atoms with Crippen molar-refractivity contribution in [1.82, 2.24) is 0 Å². The van der Waals surface area contributed by atoms with Gasteiger partial charge in [0.1, 0.15) is 11.5 Å². The van der Waals surface area contributed by atoms with Crippen molar-refractivity contribution in [2.75, 3.05) is 76.9 Å². The summed E-state index contributed by atoms with van der Waals surface area (Å²) in [4.78, 5) is 0. The Hall–Kier alpha value is 1.70. The highest BCUT2D eigenvalue weighted by Gasteiger charge is 2.26. The van der Waals surface area contributed by atoms with E-state index in [1.165, 1.54) is 10.6 Å². The maximum atomic E-state index is 6.81. The Morgan fingerprint density at radius 1 is 0.514 bits per heavy atom. The minimum Gasteiger partial charge on any atom is -0.456 e. The number of ether oxygens (including phenoxy) is 1. The van der Waals surface area contributed by atoms with Crippen LogP contribution >= 0.6 is 40.0 Å². The molecule has 0 aliphatic carbocycles. The Bertz CT molecular complexity index is 1060. The van der Waals surface area contributed by atoms with Crippen molar-refractivity contribution in [3.05, 3.63) is 48.5 Å². The van der Waals surface area contributed by atoms with Gasteiger partial charge in [-0.2, -0.15) is 0 Å². The minimum absolute atomic E-state index is 0.470. The quantitative estimate of drug-likeness (QED) is 0.211. The van der Waals surface area contributed by atoms with E-state index in [9.17, 15) is 0 Å². The lowest BCUT2D eigenvalue weighted by atomic mass is 10.3. The molecule has 196 valence electrons. The van der Waals surface area contributed by atoms with Crippen LogP contribution in [0, 0.1) is 0 Å². The normalized spacial score (nSPS) is 13.4. The fourth-order valence-corrected chi connectivity index (χ4v) is 28.2. The van der Waals surface area contributed by atoms with Gasteiger partial charge in [0.25, 0.3) is 0 Å². The third-order valence-corrected chi connectivity index (χ3v) is 27.3. The predicted octanol–water partition coefficient (Wildman–Crippen LogP) is 8.48. The molecule has 0 amide bonds. The molecule has 0 bridgehead atoms. The van der Waals surface area contributed by atoms with Crippen LogP contribution in [-0.2, 0) is 47.2 Å². The summed E-state index contributed by atoms with van der Waals surface area (Å²) >= 11 is 23.7. The fraction of sp³-hybridized carbons (Fsp3) is 0.500. The molecule has 0 aliphatic rings. The second kappa shape index (κ2) is 13.4. The highest BCUT2D eigenvalue weighted by Crippen LogP contribution is 2.61. The third kappa shape index (κ3) is 13.1. The lowest BCUT2D eigenvalue weighted by molar-refractivity contribution is 0.490. The first-order valence-electron chi connectivity index (χ1n) is 11.3. The van der Waals surface area contributed by atoms with Gasteiger partial charge in [0.05, 0.1) is 0 Å². The van der Waals surface area contributed by atoms with Gasteiger partial charge in [0.2, 0.25) is 0 Å². The molecule has 11 heteroatoms. The van der Waals surface area contributed by atoms with E-state index in [4.69, 9.17) is 52.0 Å². The first-order valence-corrected chi connectivity index (χ1v) is 30.3. The largest absolute Gasteiger partial charge is 0.456 e.